The van der Waals surface area contributed by atoms with Crippen LogP contribution in [0.2, 0.25) is 0 Å². The van der Waals surface area contributed by atoms with E-state index < -0.39 is 23.7 Å². The van der Waals surface area contributed by atoms with Crippen LogP contribution >= 0.6 is 0 Å². The summed E-state index contributed by atoms with van der Waals surface area (Å²) in [5.41, 5.74) is -0.437. The summed E-state index contributed by atoms with van der Waals surface area (Å²) in [4.78, 5) is 14.0. The molecule has 0 unspecified atom stereocenters. The van der Waals surface area contributed by atoms with Crippen LogP contribution < -0.4 is 4.74 Å². The van der Waals surface area contributed by atoms with Crippen LogP contribution in [0.3, 0.4) is 0 Å². The van der Waals surface area contributed by atoms with Gasteiger partial charge >= 0.3 is 6.18 Å². The summed E-state index contributed by atoms with van der Waals surface area (Å²) >= 11 is 0. The van der Waals surface area contributed by atoms with E-state index >= 15 is 0 Å². The minimum Gasteiger partial charge on any atom is -0.491 e. The van der Waals surface area contributed by atoms with E-state index in [-0.39, 0.29) is 31.4 Å². The third-order valence-electron chi connectivity index (χ3n) is 4.11. The Bertz CT molecular complexity index is 792. The van der Waals surface area contributed by atoms with Crippen LogP contribution in [0, 0.1) is 5.82 Å². The van der Waals surface area contributed by atoms with Crippen LogP contribution in [0.1, 0.15) is 15.9 Å². The lowest BCUT2D eigenvalue weighted by Gasteiger charge is -2.33. The number of hydrogen-bond acceptors (Lipinski definition) is 3. The van der Waals surface area contributed by atoms with E-state index in [1.54, 1.807) is 4.90 Å². The van der Waals surface area contributed by atoms with Gasteiger partial charge in [0, 0.05) is 12.1 Å². The number of rotatable bonds is 4. The molecule has 0 radical (unpaired) electrons. The van der Waals surface area contributed by atoms with Crippen LogP contribution in [0.5, 0.6) is 5.75 Å². The maximum atomic E-state index is 13.0. The smallest absolute Gasteiger partial charge is 0.416 e. The Morgan fingerprint density at radius 1 is 1.19 bits per heavy atom. The van der Waals surface area contributed by atoms with Crippen molar-refractivity contribution in [3.05, 3.63) is 65.5 Å². The first-order valence-corrected chi connectivity index (χ1v) is 8.29. The van der Waals surface area contributed by atoms with E-state index in [1.165, 1.54) is 36.4 Å². The number of carbonyl (C=O) groups is 1. The number of amides is 1. The quantitative estimate of drug-likeness (QED) is 0.755. The summed E-state index contributed by atoms with van der Waals surface area (Å²) < 4.78 is 62.2. The predicted molar refractivity (Wildman–Crippen MR) is 89.0 cm³/mol. The Hall–Kier alpha value is -2.61. The van der Waals surface area contributed by atoms with Gasteiger partial charge in [-0.15, -0.1) is 0 Å². The molecule has 144 valence electrons. The fraction of sp³-hybridized carbons (Fsp3) is 0.316. The van der Waals surface area contributed by atoms with E-state index in [1.807, 2.05) is 0 Å². The minimum atomic E-state index is -4.45. The van der Waals surface area contributed by atoms with Crippen molar-refractivity contribution in [2.24, 2.45) is 0 Å². The highest BCUT2D eigenvalue weighted by Crippen LogP contribution is 2.31. The lowest BCUT2D eigenvalue weighted by molar-refractivity contribution is -0.137. The normalized spacial score (nSPS) is 17.6. The summed E-state index contributed by atoms with van der Waals surface area (Å²) in [5.74, 6) is -0.612. The summed E-state index contributed by atoms with van der Waals surface area (Å²) in [5, 5.41) is 0. The van der Waals surface area contributed by atoms with Crippen molar-refractivity contribution in [1.29, 1.82) is 0 Å². The number of benzene rings is 2. The zero-order valence-corrected chi connectivity index (χ0v) is 14.2. The average Bonchev–Trinajstić information content (AvgIpc) is 2.66. The third kappa shape index (κ3) is 4.97. The molecule has 0 spiro atoms. The van der Waals surface area contributed by atoms with Crippen molar-refractivity contribution in [3.63, 3.8) is 0 Å². The number of halogens is 4. The third-order valence-corrected chi connectivity index (χ3v) is 4.11. The summed E-state index contributed by atoms with van der Waals surface area (Å²) in [6.45, 7) is 0.892. The highest BCUT2D eigenvalue weighted by atomic mass is 19.4. The van der Waals surface area contributed by atoms with Crippen molar-refractivity contribution >= 4 is 5.91 Å². The molecular formula is C19H17F4NO3. The molecule has 8 heteroatoms. The van der Waals surface area contributed by atoms with Gasteiger partial charge in [-0.2, -0.15) is 13.2 Å². The Morgan fingerprint density at radius 2 is 1.93 bits per heavy atom. The van der Waals surface area contributed by atoms with Crippen molar-refractivity contribution in [1.82, 2.24) is 4.90 Å². The second-order valence-corrected chi connectivity index (χ2v) is 6.09. The Balaban J connectivity index is 1.59. The lowest BCUT2D eigenvalue weighted by atomic mass is 10.1. The van der Waals surface area contributed by atoms with Gasteiger partial charge in [0.2, 0.25) is 0 Å². The first-order valence-electron chi connectivity index (χ1n) is 8.29. The molecule has 0 N–H and O–H groups in total. The fourth-order valence-electron chi connectivity index (χ4n) is 2.73. The van der Waals surface area contributed by atoms with E-state index in [4.69, 9.17) is 9.47 Å². The van der Waals surface area contributed by atoms with E-state index in [9.17, 15) is 22.4 Å². The molecule has 3 rings (SSSR count). The minimum absolute atomic E-state index is 0.00844. The highest BCUT2D eigenvalue weighted by molar-refractivity contribution is 5.94. The van der Waals surface area contributed by atoms with Crippen molar-refractivity contribution in [2.75, 3.05) is 26.3 Å². The Labute approximate surface area is 153 Å². The van der Waals surface area contributed by atoms with Crippen molar-refractivity contribution in [3.8, 4) is 5.75 Å². The molecule has 0 aromatic heterocycles. The summed E-state index contributed by atoms with van der Waals surface area (Å²) in [6.07, 6.45) is -4.92. The second-order valence-electron chi connectivity index (χ2n) is 6.09. The Morgan fingerprint density at radius 3 is 2.63 bits per heavy atom. The van der Waals surface area contributed by atoms with Gasteiger partial charge in [-0.1, -0.05) is 6.07 Å². The topological polar surface area (TPSA) is 38.8 Å². The van der Waals surface area contributed by atoms with Crippen LogP contribution in [-0.4, -0.2) is 43.2 Å². The van der Waals surface area contributed by atoms with Gasteiger partial charge in [0.05, 0.1) is 18.7 Å². The second kappa shape index (κ2) is 7.96. The molecule has 0 saturated carbocycles. The molecule has 1 aliphatic rings. The maximum Gasteiger partial charge on any atom is 0.416 e. The molecule has 1 amide bonds. The average molecular weight is 383 g/mol. The lowest BCUT2D eigenvalue weighted by Crippen LogP contribution is -2.47. The maximum absolute atomic E-state index is 13.0. The number of ether oxygens (including phenoxy) is 2. The molecule has 0 aliphatic carbocycles. The van der Waals surface area contributed by atoms with E-state index in [0.29, 0.717) is 12.1 Å². The molecule has 1 fully saturated rings. The van der Waals surface area contributed by atoms with Crippen LogP contribution in [0.15, 0.2) is 48.5 Å². The predicted octanol–water partition coefficient (Wildman–Crippen LogP) is 3.76. The van der Waals surface area contributed by atoms with E-state index in [0.717, 1.165) is 12.1 Å². The molecule has 1 aliphatic heterocycles. The zero-order chi connectivity index (χ0) is 19.4. The zero-order valence-electron chi connectivity index (χ0n) is 14.2. The number of carbonyl (C=O) groups excluding carboxylic acids is 1. The molecule has 1 heterocycles. The molecule has 2 aromatic carbocycles. The molecule has 1 saturated heterocycles. The molecule has 2 aromatic rings. The fourth-order valence-corrected chi connectivity index (χ4v) is 2.73. The van der Waals surface area contributed by atoms with Gasteiger partial charge in [0.15, 0.2) is 0 Å². The summed E-state index contributed by atoms with van der Waals surface area (Å²) in [7, 11) is 0. The van der Waals surface area contributed by atoms with E-state index in [2.05, 4.69) is 0 Å². The van der Waals surface area contributed by atoms with Crippen LogP contribution in [-0.2, 0) is 10.9 Å². The first kappa shape index (κ1) is 19.2. The highest BCUT2D eigenvalue weighted by Gasteiger charge is 2.31. The Kier molecular flexibility index (Phi) is 5.65. The van der Waals surface area contributed by atoms with Gasteiger partial charge in [0.25, 0.3) is 5.91 Å². The number of morpholine rings is 1. The molecule has 0 bridgehead atoms. The van der Waals surface area contributed by atoms with Crippen molar-refractivity contribution in [2.45, 2.75) is 12.3 Å². The van der Waals surface area contributed by atoms with Gasteiger partial charge < -0.3 is 14.4 Å². The standard InChI is InChI=1S/C19H17F4NO3/c20-15-6-4-13(5-7-15)18(25)24-8-9-26-17(11-24)12-27-16-3-1-2-14(10-16)19(21,22)23/h1-7,10,17H,8-9,11-12H2/t17-/m1/s1. The largest absolute Gasteiger partial charge is 0.491 e. The van der Waals surface area contributed by atoms with Gasteiger partial charge in [-0.3, -0.25) is 4.79 Å². The van der Waals surface area contributed by atoms with Crippen molar-refractivity contribution < 1.29 is 31.8 Å². The molecule has 4 nitrogen and oxygen atoms in total. The molecule has 1 atom stereocenters. The van der Waals surface area contributed by atoms with Gasteiger partial charge in [-0.05, 0) is 42.5 Å². The summed E-state index contributed by atoms with van der Waals surface area (Å²) in [6, 6.07) is 9.81. The molecular weight excluding hydrogens is 366 g/mol. The SMILES string of the molecule is O=C(c1ccc(F)cc1)N1CCO[C@@H](COc2cccc(C(F)(F)F)c2)C1. The monoisotopic (exact) mass is 383 g/mol. The number of nitrogens with zero attached hydrogens (tertiary/aromatic N) is 1. The molecule has 27 heavy (non-hydrogen) atoms. The number of alkyl halides is 3. The van der Waals surface area contributed by atoms with Crippen LogP contribution in [0.25, 0.3) is 0 Å². The van der Waals surface area contributed by atoms with Crippen LogP contribution in [0.4, 0.5) is 17.6 Å². The van der Waals surface area contributed by atoms with Gasteiger partial charge in [0.1, 0.15) is 24.3 Å². The van der Waals surface area contributed by atoms with Gasteiger partial charge in [-0.25, -0.2) is 4.39 Å². The number of hydrogen-bond donors (Lipinski definition) is 0. The first-order chi connectivity index (χ1) is 12.8.